The second-order valence-electron chi connectivity index (χ2n) is 8.80. The fourth-order valence-corrected chi connectivity index (χ4v) is 3.45. The summed E-state index contributed by atoms with van der Waals surface area (Å²) < 4.78 is 38.7. The molecular formula is C26H30F3N5O6. The van der Waals surface area contributed by atoms with Crippen LogP contribution in [-0.4, -0.2) is 72.1 Å². The summed E-state index contributed by atoms with van der Waals surface area (Å²) in [5.41, 5.74) is 7.12. The van der Waals surface area contributed by atoms with Crippen LogP contribution in [0.4, 0.5) is 13.2 Å². The summed E-state index contributed by atoms with van der Waals surface area (Å²) in [6.45, 7) is 0.136. The lowest BCUT2D eigenvalue weighted by atomic mass is 10.0. The number of alkyl halides is 3. The van der Waals surface area contributed by atoms with Gasteiger partial charge in [0.1, 0.15) is 6.04 Å². The molecule has 2 aromatic rings. The van der Waals surface area contributed by atoms with Crippen molar-refractivity contribution in [2.45, 2.75) is 44.1 Å². The quantitative estimate of drug-likeness (QED) is 0.204. The summed E-state index contributed by atoms with van der Waals surface area (Å²) in [4.78, 5) is 59.6. The number of nitrogens with two attached hydrogens (primary N) is 1. The molecule has 2 aromatic carbocycles. The third-order valence-electron chi connectivity index (χ3n) is 5.63. The Morgan fingerprint density at radius 1 is 0.850 bits per heavy atom. The molecule has 2 unspecified atom stereocenters. The number of halogens is 3. The molecule has 11 nitrogen and oxygen atoms in total. The van der Waals surface area contributed by atoms with Gasteiger partial charge in [0, 0.05) is 12.0 Å². The van der Waals surface area contributed by atoms with E-state index in [2.05, 4.69) is 16.0 Å². The Morgan fingerprint density at radius 2 is 1.43 bits per heavy atom. The van der Waals surface area contributed by atoms with Crippen molar-refractivity contribution in [2.24, 2.45) is 5.73 Å². The topological polar surface area (TPSA) is 180 Å². The number of hydrogen-bond acceptors (Lipinski definition) is 6. The van der Waals surface area contributed by atoms with Gasteiger partial charge in [-0.1, -0.05) is 42.5 Å². The van der Waals surface area contributed by atoms with E-state index in [0.717, 1.165) is 11.1 Å². The molecule has 0 aromatic heterocycles. The standard InChI is InChI=1S/C26H30F3N5O6/c1-15(24(39)34-19(11-12-20(30)35)23(38)26(27,28)29)33-22(37)14-31-21(36)13-32-25(40)18-9-7-17(8-10-18)16-5-3-2-4-6-16/h2-10,15,19,23,38H,11-14H2,1H3,(H2,30,35)(H,31,36)(H,32,40)(H,33,37)(H,34,39)/t15-,19?,23?/m1/s1. The number of carbonyl (C=O) groups excluding carboxylic acids is 5. The summed E-state index contributed by atoms with van der Waals surface area (Å²) in [7, 11) is 0. The number of nitrogens with one attached hydrogen (secondary N) is 4. The van der Waals surface area contributed by atoms with Crippen molar-refractivity contribution in [3.05, 3.63) is 60.2 Å². The average Bonchev–Trinajstić information content (AvgIpc) is 2.92. The fraction of sp³-hybridized carbons (Fsp3) is 0.346. The maximum Gasteiger partial charge on any atom is 0.416 e. The molecule has 0 aliphatic heterocycles. The van der Waals surface area contributed by atoms with Crippen LogP contribution in [0.1, 0.15) is 30.1 Å². The normalized spacial score (nSPS) is 13.3. The molecule has 0 heterocycles. The highest BCUT2D eigenvalue weighted by Gasteiger charge is 2.44. The van der Waals surface area contributed by atoms with Crippen LogP contribution in [0, 0.1) is 0 Å². The number of aliphatic hydroxyl groups is 1. The molecule has 0 bridgehead atoms. The molecule has 14 heteroatoms. The first kappa shape index (κ1) is 31.8. The summed E-state index contributed by atoms with van der Waals surface area (Å²) in [6.07, 6.45) is -9.15. The van der Waals surface area contributed by atoms with Gasteiger partial charge < -0.3 is 32.1 Å². The minimum absolute atomic E-state index is 0.315. The first-order valence-electron chi connectivity index (χ1n) is 12.1. The van der Waals surface area contributed by atoms with Crippen LogP contribution < -0.4 is 27.0 Å². The van der Waals surface area contributed by atoms with Crippen LogP contribution in [0.3, 0.4) is 0 Å². The van der Waals surface area contributed by atoms with Crippen molar-refractivity contribution < 1.29 is 42.3 Å². The van der Waals surface area contributed by atoms with Crippen LogP contribution in [0.5, 0.6) is 0 Å². The first-order chi connectivity index (χ1) is 18.8. The average molecular weight is 566 g/mol. The first-order valence-corrected chi connectivity index (χ1v) is 12.1. The Hall–Kier alpha value is -4.46. The molecule has 0 aliphatic rings. The van der Waals surface area contributed by atoms with Crippen molar-refractivity contribution in [1.29, 1.82) is 0 Å². The number of amides is 5. The molecule has 5 amide bonds. The predicted molar refractivity (Wildman–Crippen MR) is 137 cm³/mol. The number of rotatable bonds is 13. The Morgan fingerprint density at radius 3 is 2.00 bits per heavy atom. The van der Waals surface area contributed by atoms with Gasteiger partial charge in [0.15, 0.2) is 6.10 Å². The summed E-state index contributed by atoms with van der Waals surface area (Å²) in [6, 6.07) is 13.0. The number of carbonyl (C=O) groups is 5. The van der Waals surface area contributed by atoms with Gasteiger partial charge in [-0.3, -0.25) is 24.0 Å². The van der Waals surface area contributed by atoms with E-state index in [9.17, 15) is 42.3 Å². The smallest absolute Gasteiger partial charge is 0.382 e. The largest absolute Gasteiger partial charge is 0.416 e. The molecular weight excluding hydrogens is 535 g/mol. The van der Waals surface area contributed by atoms with Crippen molar-refractivity contribution in [3.63, 3.8) is 0 Å². The molecule has 0 spiro atoms. The Bertz CT molecular complexity index is 1190. The molecule has 0 fully saturated rings. The SMILES string of the molecule is C[C@@H](NC(=O)CNC(=O)CNC(=O)c1ccc(-c2ccccc2)cc1)C(=O)NC(CCC(N)=O)C(O)C(F)(F)F. The van der Waals surface area contributed by atoms with Gasteiger partial charge in [0.05, 0.1) is 19.1 Å². The van der Waals surface area contributed by atoms with E-state index in [-0.39, 0.29) is 0 Å². The molecule has 216 valence electrons. The van der Waals surface area contributed by atoms with Gasteiger partial charge in [-0.15, -0.1) is 0 Å². The third-order valence-corrected chi connectivity index (χ3v) is 5.63. The molecule has 0 saturated heterocycles. The number of aliphatic hydroxyl groups excluding tert-OH is 1. The van der Waals surface area contributed by atoms with Crippen LogP contribution in [0.15, 0.2) is 54.6 Å². The number of hydrogen-bond donors (Lipinski definition) is 6. The minimum Gasteiger partial charge on any atom is -0.382 e. The number of benzene rings is 2. The zero-order valence-electron chi connectivity index (χ0n) is 21.5. The highest BCUT2D eigenvalue weighted by atomic mass is 19.4. The lowest BCUT2D eigenvalue weighted by Crippen LogP contribution is -2.55. The molecule has 0 aliphatic carbocycles. The van der Waals surface area contributed by atoms with Gasteiger partial charge >= 0.3 is 6.18 Å². The minimum atomic E-state index is -5.08. The highest BCUT2D eigenvalue weighted by molar-refractivity contribution is 5.97. The van der Waals surface area contributed by atoms with Gasteiger partial charge in [0.2, 0.25) is 23.6 Å². The number of primary amides is 1. The molecule has 3 atom stereocenters. The van der Waals surface area contributed by atoms with E-state index >= 15 is 0 Å². The highest BCUT2D eigenvalue weighted by Crippen LogP contribution is 2.24. The Balaban J connectivity index is 1.78. The lowest BCUT2D eigenvalue weighted by Gasteiger charge is -2.27. The molecule has 2 rings (SSSR count). The molecule has 0 radical (unpaired) electrons. The summed E-state index contributed by atoms with van der Waals surface area (Å²) in [5, 5.41) is 18.3. The van der Waals surface area contributed by atoms with E-state index in [1.54, 1.807) is 24.3 Å². The van der Waals surface area contributed by atoms with E-state index < -0.39 is 79.8 Å². The van der Waals surface area contributed by atoms with Crippen molar-refractivity contribution in [2.75, 3.05) is 13.1 Å². The fourth-order valence-electron chi connectivity index (χ4n) is 3.45. The molecule has 40 heavy (non-hydrogen) atoms. The van der Waals surface area contributed by atoms with Crippen LogP contribution in [0.2, 0.25) is 0 Å². The van der Waals surface area contributed by atoms with Gasteiger partial charge in [0.25, 0.3) is 5.91 Å². The lowest BCUT2D eigenvalue weighted by molar-refractivity contribution is -0.212. The second kappa shape index (κ2) is 14.6. The summed E-state index contributed by atoms with van der Waals surface area (Å²) >= 11 is 0. The monoisotopic (exact) mass is 565 g/mol. The van der Waals surface area contributed by atoms with Crippen molar-refractivity contribution in [1.82, 2.24) is 21.3 Å². The van der Waals surface area contributed by atoms with E-state index in [4.69, 9.17) is 5.73 Å². The molecule has 7 N–H and O–H groups in total. The van der Waals surface area contributed by atoms with Gasteiger partial charge in [-0.25, -0.2) is 0 Å². The predicted octanol–water partition coefficient (Wildman–Crippen LogP) is 0.378. The van der Waals surface area contributed by atoms with Gasteiger partial charge in [-0.05, 0) is 36.6 Å². The Kier molecular flexibility index (Phi) is 11.6. The van der Waals surface area contributed by atoms with Crippen LogP contribution in [0.25, 0.3) is 11.1 Å². The van der Waals surface area contributed by atoms with E-state index in [1.165, 1.54) is 6.92 Å². The van der Waals surface area contributed by atoms with Crippen LogP contribution >= 0.6 is 0 Å². The van der Waals surface area contributed by atoms with Gasteiger partial charge in [-0.2, -0.15) is 13.2 Å². The molecule has 0 saturated carbocycles. The zero-order chi connectivity index (χ0) is 29.9. The van der Waals surface area contributed by atoms with E-state index in [1.807, 2.05) is 35.6 Å². The van der Waals surface area contributed by atoms with Crippen molar-refractivity contribution >= 4 is 29.5 Å². The second-order valence-corrected chi connectivity index (χ2v) is 8.80. The third kappa shape index (κ3) is 10.4. The zero-order valence-corrected chi connectivity index (χ0v) is 21.5. The summed E-state index contributed by atoms with van der Waals surface area (Å²) in [5.74, 6) is -4.06. The van der Waals surface area contributed by atoms with E-state index in [0.29, 0.717) is 5.56 Å². The van der Waals surface area contributed by atoms with Crippen LogP contribution in [-0.2, 0) is 19.2 Å². The Labute approximate surface area is 227 Å². The van der Waals surface area contributed by atoms with Crippen molar-refractivity contribution in [3.8, 4) is 11.1 Å². The maximum absolute atomic E-state index is 12.9. The maximum atomic E-state index is 12.9.